The van der Waals surface area contributed by atoms with Gasteiger partial charge in [0.1, 0.15) is 17.3 Å². The Balaban J connectivity index is 1.83. The van der Waals surface area contributed by atoms with Gasteiger partial charge < -0.3 is 20.1 Å². The average Bonchev–Trinajstić information content (AvgIpc) is 3.47. The van der Waals surface area contributed by atoms with Crippen molar-refractivity contribution >= 4 is 34.5 Å². The van der Waals surface area contributed by atoms with Gasteiger partial charge in [0.25, 0.3) is 0 Å². The van der Waals surface area contributed by atoms with Crippen LogP contribution >= 0.6 is 0 Å². The number of aromatic hydroxyl groups is 2. The number of ketones is 4. The highest BCUT2D eigenvalue weighted by atomic mass is 16.6. The lowest BCUT2D eigenvalue weighted by molar-refractivity contribution is -0.110. The molecule has 1 saturated heterocycles. The van der Waals surface area contributed by atoms with E-state index in [-0.39, 0.29) is 33.4 Å². The molecule has 0 bridgehead atoms. The van der Waals surface area contributed by atoms with Gasteiger partial charge in [0.05, 0.1) is 16.7 Å². The molecule has 2 atom stereocenters. The summed E-state index contributed by atoms with van der Waals surface area (Å²) < 4.78 is 5.08. The highest BCUT2D eigenvalue weighted by Gasteiger charge is 2.56. The molecule has 0 unspecified atom stereocenters. The predicted molar refractivity (Wildman–Crippen MR) is 102 cm³/mol. The van der Waals surface area contributed by atoms with Gasteiger partial charge in [-0.3, -0.25) is 19.2 Å². The van der Waals surface area contributed by atoms with Crippen molar-refractivity contribution in [2.24, 2.45) is 0 Å². The normalized spacial score (nSPS) is 22.1. The second-order valence-electron chi connectivity index (χ2n) is 7.63. The number of aryl methyl sites for hydroxylation is 2. The van der Waals surface area contributed by atoms with Gasteiger partial charge in [0.2, 0.25) is 11.6 Å². The minimum Gasteiger partial charge on any atom is -0.507 e. The number of carbonyl (C=O) groups excluding carboxylic acids is 4. The third kappa shape index (κ3) is 2.13. The van der Waals surface area contributed by atoms with Gasteiger partial charge in [-0.1, -0.05) is 0 Å². The number of ether oxygens (including phenoxy) is 1. The first-order valence-corrected chi connectivity index (χ1v) is 9.10. The minimum absolute atomic E-state index is 0.0268. The van der Waals surface area contributed by atoms with Crippen molar-refractivity contribution < 1.29 is 39.2 Å². The van der Waals surface area contributed by atoms with Crippen LogP contribution in [-0.2, 0) is 9.53 Å². The zero-order chi connectivity index (χ0) is 21.6. The zero-order valence-electron chi connectivity index (χ0n) is 15.8. The summed E-state index contributed by atoms with van der Waals surface area (Å²) in [4.78, 5) is 50.5. The van der Waals surface area contributed by atoms with Crippen LogP contribution in [0.25, 0.3) is 11.3 Å². The van der Waals surface area contributed by atoms with E-state index in [2.05, 4.69) is 0 Å². The first-order chi connectivity index (χ1) is 14.1. The molecule has 3 N–H and O–H groups in total. The number of allylic oxidation sites excluding steroid dienone is 1. The van der Waals surface area contributed by atoms with E-state index in [1.165, 1.54) is 25.1 Å². The predicted octanol–water partition coefficient (Wildman–Crippen LogP) is 2.05. The van der Waals surface area contributed by atoms with Crippen molar-refractivity contribution in [3.63, 3.8) is 0 Å². The van der Waals surface area contributed by atoms with Crippen LogP contribution in [0, 0.1) is 13.8 Å². The van der Waals surface area contributed by atoms with Crippen molar-refractivity contribution in [2.45, 2.75) is 26.1 Å². The Morgan fingerprint density at radius 1 is 0.767 bits per heavy atom. The molecule has 1 heterocycles. The molecule has 8 nitrogen and oxygen atoms in total. The quantitative estimate of drug-likeness (QED) is 0.483. The zero-order valence-corrected chi connectivity index (χ0v) is 15.8. The second kappa shape index (κ2) is 5.64. The van der Waals surface area contributed by atoms with Gasteiger partial charge in [0, 0.05) is 16.7 Å². The maximum atomic E-state index is 12.9. The molecule has 1 fully saturated rings. The summed E-state index contributed by atoms with van der Waals surface area (Å²) in [5, 5.41) is 31.8. The van der Waals surface area contributed by atoms with Gasteiger partial charge in [-0.25, -0.2) is 0 Å². The van der Waals surface area contributed by atoms with Crippen molar-refractivity contribution in [3.05, 3.63) is 57.1 Å². The van der Waals surface area contributed by atoms with E-state index in [0.717, 1.165) is 0 Å². The number of aliphatic hydroxyl groups excluding tert-OH is 1. The van der Waals surface area contributed by atoms with Crippen LogP contribution in [0.2, 0.25) is 0 Å². The van der Waals surface area contributed by atoms with Gasteiger partial charge in [-0.2, -0.15) is 0 Å². The molecule has 2 aromatic rings. The molecule has 0 aromatic heterocycles. The lowest BCUT2D eigenvalue weighted by atomic mass is 9.79. The average molecular weight is 406 g/mol. The van der Waals surface area contributed by atoms with Crippen LogP contribution in [0.4, 0.5) is 0 Å². The van der Waals surface area contributed by atoms with Crippen molar-refractivity contribution in [2.75, 3.05) is 0 Å². The van der Waals surface area contributed by atoms with Crippen molar-refractivity contribution in [1.82, 2.24) is 0 Å². The summed E-state index contributed by atoms with van der Waals surface area (Å²) in [6.07, 6.45) is -1.84. The van der Waals surface area contributed by atoms with E-state index in [9.17, 15) is 34.5 Å². The fraction of sp³-hybridized carbons (Fsp3) is 0.182. The highest BCUT2D eigenvalue weighted by molar-refractivity contribution is 6.62. The smallest absolute Gasteiger partial charge is 0.238 e. The molecule has 150 valence electrons. The Bertz CT molecular complexity index is 1300. The van der Waals surface area contributed by atoms with Crippen LogP contribution < -0.4 is 0 Å². The van der Waals surface area contributed by atoms with E-state index in [1.54, 1.807) is 6.92 Å². The molecule has 2 aromatic carbocycles. The molecule has 0 radical (unpaired) electrons. The minimum atomic E-state index is -1.15. The van der Waals surface area contributed by atoms with E-state index < -0.39 is 58.2 Å². The number of carbonyl (C=O) groups is 4. The number of epoxide rings is 1. The van der Waals surface area contributed by atoms with Crippen molar-refractivity contribution in [1.29, 1.82) is 0 Å². The summed E-state index contributed by atoms with van der Waals surface area (Å²) in [7, 11) is 0. The summed E-state index contributed by atoms with van der Waals surface area (Å²) >= 11 is 0. The van der Waals surface area contributed by atoms with Crippen LogP contribution in [0.1, 0.15) is 53.3 Å². The molecular weight excluding hydrogens is 392 g/mol. The molecule has 3 aliphatic rings. The standard InChI is InChI=1S/C22H14O8/c1-6-3-8-12(10(23)4-6)18(27)19(28)14(15(8)24)11-7(2)5-9-13(17(11)26)20(29)22-21(30-22)16(9)25/h3-5,21-24,26H,1-2H3/t21-,22+/m0/s1. The molecule has 30 heavy (non-hydrogen) atoms. The Morgan fingerprint density at radius 2 is 1.43 bits per heavy atom. The third-order valence-electron chi connectivity index (χ3n) is 5.68. The van der Waals surface area contributed by atoms with Crippen LogP contribution in [0.3, 0.4) is 0 Å². The third-order valence-corrected chi connectivity index (χ3v) is 5.68. The Labute approximate surface area is 169 Å². The van der Waals surface area contributed by atoms with Crippen molar-refractivity contribution in [3.8, 4) is 11.5 Å². The van der Waals surface area contributed by atoms with E-state index >= 15 is 0 Å². The molecule has 0 saturated carbocycles. The first-order valence-electron chi connectivity index (χ1n) is 9.10. The van der Waals surface area contributed by atoms with Gasteiger partial charge in [0.15, 0.2) is 23.8 Å². The molecule has 5 rings (SSSR count). The van der Waals surface area contributed by atoms with E-state index in [4.69, 9.17) is 4.74 Å². The fourth-order valence-electron chi connectivity index (χ4n) is 4.26. The van der Waals surface area contributed by atoms with E-state index in [0.29, 0.717) is 5.56 Å². The first kappa shape index (κ1) is 18.3. The lowest BCUT2D eigenvalue weighted by Crippen LogP contribution is -2.28. The Hall–Kier alpha value is -3.78. The number of aliphatic hydroxyl groups is 1. The van der Waals surface area contributed by atoms with E-state index in [1.807, 2.05) is 0 Å². The number of fused-ring (bicyclic) bond motifs is 3. The largest absolute Gasteiger partial charge is 0.507 e. The SMILES string of the molecule is Cc1cc(O)c2c(c1)C(O)=C(c1c(C)cc3c(c1O)C(=O)[C@H]1O[C@H]1C3=O)C(=O)C2=O. The number of hydrogen-bond donors (Lipinski definition) is 3. The summed E-state index contributed by atoms with van der Waals surface area (Å²) in [6.45, 7) is 3.11. The maximum absolute atomic E-state index is 12.9. The molecule has 1 aliphatic heterocycles. The topological polar surface area (TPSA) is 141 Å². The maximum Gasteiger partial charge on any atom is 0.238 e. The molecule has 8 heteroatoms. The molecule has 0 spiro atoms. The van der Waals surface area contributed by atoms with Gasteiger partial charge >= 0.3 is 0 Å². The summed E-state index contributed by atoms with van der Waals surface area (Å²) in [5.41, 5.74) is -0.665. The van der Waals surface area contributed by atoms with Crippen LogP contribution in [-0.4, -0.2) is 50.7 Å². The number of hydrogen-bond acceptors (Lipinski definition) is 8. The molecule has 0 amide bonds. The number of benzene rings is 2. The highest BCUT2D eigenvalue weighted by Crippen LogP contribution is 2.46. The van der Waals surface area contributed by atoms with Crippen LogP contribution in [0.5, 0.6) is 11.5 Å². The number of phenols is 2. The Kier molecular flexibility index (Phi) is 3.43. The fourth-order valence-corrected chi connectivity index (χ4v) is 4.26. The number of phenolic OH excluding ortho intramolecular Hbond substituents is 2. The number of rotatable bonds is 1. The van der Waals surface area contributed by atoms with Crippen LogP contribution in [0.15, 0.2) is 18.2 Å². The lowest BCUT2D eigenvalue weighted by Gasteiger charge is -2.23. The van der Waals surface area contributed by atoms with Gasteiger partial charge in [-0.05, 0) is 43.2 Å². The Morgan fingerprint density at radius 3 is 2.13 bits per heavy atom. The second-order valence-corrected chi connectivity index (χ2v) is 7.63. The summed E-state index contributed by atoms with van der Waals surface area (Å²) in [6, 6.07) is 4.06. The monoisotopic (exact) mass is 406 g/mol. The molecule has 2 aliphatic carbocycles. The number of Topliss-reactive ketones (excluding diaryl/α,β-unsaturated/α-hetero) is 4. The molecular formula is C22H14O8. The summed E-state index contributed by atoms with van der Waals surface area (Å²) in [5.74, 6) is -4.97. The van der Waals surface area contributed by atoms with Gasteiger partial charge in [-0.15, -0.1) is 0 Å².